The molecule has 1 fully saturated rings. The maximum atomic E-state index is 10.4. The second kappa shape index (κ2) is 4.47. The second-order valence-corrected chi connectivity index (χ2v) is 4.30. The van der Waals surface area contributed by atoms with Crippen LogP contribution in [0.25, 0.3) is 0 Å². The van der Waals surface area contributed by atoms with Crippen molar-refractivity contribution < 1.29 is 9.83 Å². The van der Waals surface area contributed by atoms with Crippen LogP contribution in [0.1, 0.15) is 37.7 Å². The van der Waals surface area contributed by atoms with Gasteiger partial charge in [0.15, 0.2) is 0 Å². The van der Waals surface area contributed by atoms with Crippen LogP contribution in [0.3, 0.4) is 0 Å². The lowest BCUT2D eigenvalue weighted by Crippen LogP contribution is -2.32. The summed E-state index contributed by atoms with van der Waals surface area (Å²) in [4.78, 5) is 0. The number of benzene rings is 1. The molecule has 2 heteroatoms. The summed E-state index contributed by atoms with van der Waals surface area (Å²) in [7, 11) is 0. The molecule has 1 aromatic rings. The van der Waals surface area contributed by atoms with Crippen molar-refractivity contribution in [2.75, 3.05) is 0 Å². The van der Waals surface area contributed by atoms with Crippen LogP contribution in [0.5, 0.6) is 0 Å². The number of carbonyl (C=O) groups excluding carboxylic acids is 1. The third-order valence-electron chi connectivity index (χ3n) is 3.37. The molecule has 0 bridgehead atoms. The first-order valence-corrected chi connectivity index (χ1v) is 5.56. The minimum absolute atomic E-state index is 0.138. The zero-order valence-electron chi connectivity index (χ0n) is 8.82. The van der Waals surface area contributed by atoms with Gasteiger partial charge in [0.05, 0.1) is 0 Å². The van der Waals surface area contributed by atoms with E-state index in [0.717, 1.165) is 12.8 Å². The van der Waals surface area contributed by atoms with E-state index in [0.29, 0.717) is 0 Å². The quantitative estimate of drug-likeness (QED) is 0.313. The first kappa shape index (κ1) is 10.2. The molecule has 1 aliphatic carbocycles. The van der Waals surface area contributed by atoms with E-state index in [2.05, 4.69) is 16.7 Å². The first-order valence-electron chi connectivity index (χ1n) is 5.56. The van der Waals surface area contributed by atoms with E-state index in [9.17, 15) is 5.26 Å². The number of aldehydes is 1. The van der Waals surface area contributed by atoms with Gasteiger partial charge in [-0.05, 0) is 18.4 Å². The molecule has 0 amide bonds. The molecule has 0 spiro atoms. The molecule has 15 heavy (non-hydrogen) atoms. The Balaban J connectivity index is 2.33. The molecular formula is C13H16O2. The molecule has 0 aromatic heterocycles. The van der Waals surface area contributed by atoms with Crippen molar-refractivity contribution in [1.82, 2.24) is 0 Å². The van der Waals surface area contributed by atoms with Gasteiger partial charge in [-0.15, -0.1) is 0 Å². The van der Waals surface area contributed by atoms with Crippen LogP contribution in [0, 0.1) is 0 Å². The van der Waals surface area contributed by atoms with Crippen molar-refractivity contribution in [2.45, 2.75) is 37.5 Å². The van der Waals surface area contributed by atoms with E-state index in [-0.39, 0.29) is 5.41 Å². The summed E-state index contributed by atoms with van der Waals surface area (Å²) < 4.78 is 4.06. The molecule has 0 radical (unpaired) electrons. The highest BCUT2D eigenvalue weighted by molar-refractivity contribution is 5.68. The summed E-state index contributed by atoms with van der Waals surface area (Å²) >= 11 is 0. The summed E-state index contributed by atoms with van der Waals surface area (Å²) in [5.41, 5.74) is 1.07. The molecule has 0 heterocycles. The molecule has 80 valence electrons. The van der Waals surface area contributed by atoms with Gasteiger partial charge in [0.1, 0.15) is 5.41 Å². The van der Waals surface area contributed by atoms with Crippen molar-refractivity contribution in [3.63, 3.8) is 0 Å². The van der Waals surface area contributed by atoms with E-state index in [4.69, 9.17) is 0 Å². The molecule has 0 N–H and O–H groups in total. The molecule has 0 atom stereocenters. The minimum Gasteiger partial charge on any atom is -0.463 e. The topological polar surface area (TPSA) is 34.4 Å². The van der Waals surface area contributed by atoms with Gasteiger partial charge in [0.2, 0.25) is 0 Å². The van der Waals surface area contributed by atoms with Crippen LogP contribution in [-0.2, 0) is 9.99 Å². The standard InChI is InChI=1S/C13H16O2/c14-15-11-13(9-5-2-6-10-13)12-7-3-1-4-8-12/h1,3-4,7-8,11H,2,5-6,9-10H2. The fourth-order valence-corrected chi connectivity index (χ4v) is 2.52. The Bertz CT molecular complexity index is 324. The molecule has 1 saturated carbocycles. The lowest BCUT2D eigenvalue weighted by atomic mass is 9.70. The van der Waals surface area contributed by atoms with Crippen LogP contribution in [-0.4, -0.2) is 6.29 Å². The first-order chi connectivity index (χ1) is 7.37. The highest BCUT2D eigenvalue weighted by atomic mass is 17.1. The molecule has 0 unspecified atom stereocenters. The van der Waals surface area contributed by atoms with Crippen LogP contribution >= 0.6 is 0 Å². The van der Waals surface area contributed by atoms with Crippen LogP contribution in [0.4, 0.5) is 0 Å². The average Bonchev–Trinajstić information content (AvgIpc) is 2.32. The van der Waals surface area contributed by atoms with Crippen molar-refractivity contribution in [3.05, 3.63) is 35.9 Å². The molecule has 1 aliphatic rings. The van der Waals surface area contributed by atoms with E-state index in [1.54, 1.807) is 0 Å². The molecular weight excluding hydrogens is 188 g/mol. The lowest BCUT2D eigenvalue weighted by Gasteiger charge is -2.29. The average molecular weight is 204 g/mol. The Morgan fingerprint density at radius 2 is 1.73 bits per heavy atom. The number of hydrogen-bond donors (Lipinski definition) is 0. The molecule has 1 aromatic carbocycles. The molecule has 0 aliphatic heterocycles. The summed E-state index contributed by atoms with van der Waals surface area (Å²) in [6, 6.07) is 10.2. The number of hydrogen-bond acceptors (Lipinski definition) is 1. The van der Waals surface area contributed by atoms with Crippen LogP contribution in [0.2, 0.25) is 0 Å². The minimum atomic E-state index is -0.138. The van der Waals surface area contributed by atoms with Gasteiger partial charge >= 0.3 is 6.29 Å². The zero-order valence-corrected chi connectivity index (χ0v) is 8.82. The predicted octanol–water partition coefficient (Wildman–Crippen LogP) is 1.90. The van der Waals surface area contributed by atoms with Gasteiger partial charge in [-0.2, -0.15) is 4.58 Å². The Labute approximate surface area is 90.2 Å². The van der Waals surface area contributed by atoms with Crippen molar-refractivity contribution in [3.8, 4) is 0 Å². The summed E-state index contributed by atoms with van der Waals surface area (Å²) in [6.07, 6.45) is 7.16. The maximum Gasteiger partial charge on any atom is 0.328 e. The van der Waals surface area contributed by atoms with Gasteiger partial charge in [-0.3, -0.25) is 0 Å². The third-order valence-corrected chi connectivity index (χ3v) is 3.37. The Morgan fingerprint density at radius 3 is 2.33 bits per heavy atom. The highest BCUT2D eigenvalue weighted by Crippen LogP contribution is 2.37. The van der Waals surface area contributed by atoms with Crippen molar-refractivity contribution in [1.29, 1.82) is 0 Å². The Hall–Kier alpha value is -1.31. The normalized spacial score (nSPS) is 20.5. The Morgan fingerprint density at radius 1 is 1.07 bits per heavy atom. The van der Waals surface area contributed by atoms with Crippen LogP contribution in [0.15, 0.2) is 30.3 Å². The van der Waals surface area contributed by atoms with Gasteiger partial charge < -0.3 is 5.26 Å². The van der Waals surface area contributed by atoms with Gasteiger partial charge in [-0.25, -0.2) is 0 Å². The van der Waals surface area contributed by atoms with Crippen molar-refractivity contribution >= 4 is 6.29 Å². The SMILES string of the molecule is [O-][O+]=CC1(c2ccccc2)CCCCC1. The number of rotatable bonds is 2. The summed E-state index contributed by atoms with van der Waals surface area (Å²) in [6.45, 7) is 0. The predicted molar refractivity (Wildman–Crippen MR) is 57.3 cm³/mol. The Kier molecular flexibility index (Phi) is 3.05. The third kappa shape index (κ3) is 2.04. The monoisotopic (exact) mass is 204 g/mol. The van der Waals surface area contributed by atoms with Gasteiger partial charge in [-0.1, -0.05) is 49.6 Å². The fraction of sp³-hybridized carbons (Fsp3) is 0.462. The lowest BCUT2D eigenvalue weighted by molar-refractivity contribution is -1.04. The maximum absolute atomic E-state index is 10.4. The summed E-state index contributed by atoms with van der Waals surface area (Å²) in [5.74, 6) is 0. The van der Waals surface area contributed by atoms with E-state index in [1.807, 2.05) is 18.2 Å². The van der Waals surface area contributed by atoms with Gasteiger partial charge in [0.25, 0.3) is 0 Å². The van der Waals surface area contributed by atoms with E-state index < -0.39 is 0 Å². The van der Waals surface area contributed by atoms with E-state index in [1.165, 1.54) is 31.1 Å². The van der Waals surface area contributed by atoms with E-state index >= 15 is 0 Å². The van der Waals surface area contributed by atoms with Crippen molar-refractivity contribution in [2.24, 2.45) is 0 Å². The summed E-state index contributed by atoms with van der Waals surface area (Å²) in [5, 5.41) is 10.4. The van der Waals surface area contributed by atoms with Crippen LogP contribution < -0.4 is 5.26 Å². The molecule has 2 rings (SSSR count). The molecule has 0 saturated heterocycles. The highest BCUT2D eigenvalue weighted by Gasteiger charge is 2.37. The fourth-order valence-electron chi connectivity index (χ4n) is 2.52. The molecule has 2 nitrogen and oxygen atoms in total. The smallest absolute Gasteiger partial charge is 0.328 e. The second-order valence-electron chi connectivity index (χ2n) is 4.30. The zero-order chi connectivity index (χ0) is 10.6. The van der Waals surface area contributed by atoms with Gasteiger partial charge in [0, 0.05) is 0 Å². The largest absolute Gasteiger partial charge is 0.463 e.